The van der Waals surface area contributed by atoms with Gasteiger partial charge in [-0.1, -0.05) is 23.2 Å². The third kappa shape index (κ3) is 4.54. The van der Waals surface area contributed by atoms with Gasteiger partial charge in [0.15, 0.2) is 0 Å². The molecule has 5 nitrogen and oxygen atoms in total. The number of nitrogens with one attached hydrogen (secondary N) is 1. The van der Waals surface area contributed by atoms with Crippen molar-refractivity contribution >= 4 is 35.1 Å². The zero-order valence-electron chi connectivity index (χ0n) is 14.0. The average molecular weight is 372 g/mol. The number of halogens is 2. The van der Waals surface area contributed by atoms with Crippen LogP contribution in [0, 0.1) is 0 Å². The van der Waals surface area contributed by atoms with Crippen LogP contribution in [0.4, 0.5) is 4.79 Å². The van der Waals surface area contributed by atoms with E-state index < -0.39 is 0 Å². The van der Waals surface area contributed by atoms with Gasteiger partial charge >= 0.3 is 6.03 Å². The maximum atomic E-state index is 12.3. The summed E-state index contributed by atoms with van der Waals surface area (Å²) in [5, 5.41) is 3.80. The fourth-order valence-corrected chi connectivity index (χ4v) is 3.11. The van der Waals surface area contributed by atoms with E-state index >= 15 is 0 Å². The maximum Gasteiger partial charge on any atom is 0.319 e. The second-order valence-electron chi connectivity index (χ2n) is 5.82. The summed E-state index contributed by atoms with van der Waals surface area (Å²) in [5.74, 6) is -0.165. The van der Waals surface area contributed by atoms with Gasteiger partial charge in [0.2, 0.25) is 0 Å². The smallest absolute Gasteiger partial charge is 0.319 e. The molecule has 1 aliphatic rings. The predicted molar refractivity (Wildman–Crippen MR) is 96.8 cm³/mol. The van der Waals surface area contributed by atoms with E-state index in [9.17, 15) is 9.59 Å². The zero-order chi connectivity index (χ0) is 17.7. The summed E-state index contributed by atoms with van der Waals surface area (Å²) in [6.45, 7) is 6.69. The van der Waals surface area contributed by atoms with E-state index in [1.165, 1.54) is 0 Å². The van der Waals surface area contributed by atoms with Gasteiger partial charge in [-0.05, 0) is 44.9 Å². The highest BCUT2D eigenvalue weighted by molar-refractivity contribution is 6.42. The van der Waals surface area contributed by atoms with Gasteiger partial charge in [-0.15, -0.1) is 0 Å². The molecule has 0 saturated carbocycles. The highest BCUT2D eigenvalue weighted by Gasteiger charge is 2.26. The molecule has 0 unspecified atom stereocenters. The Morgan fingerprint density at radius 1 is 1.17 bits per heavy atom. The summed E-state index contributed by atoms with van der Waals surface area (Å²) in [6, 6.07) is 4.98. The van der Waals surface area contributed by atoms with Crippen molar-refractivity contribution in [3.05, 3.63) is 33.8 Å². The molecule has 132 valence electrons. The summed E-state index contributed by atoms with van der Waals surface area (Å²) in [5.41, 5.74) is 0.492. The number of benzene rings is 1. The van der Waals surface area contributed by atoms with Crippen molar-refractivity contribution in [2.75, 3.05) is 26.2 Å². The summed E-state index contributed by atoms with van der Waals surface area (Å²) in [6.07, 6.45) is 1.50. The van der Waals surface area contributed by atoms with Gasteiger partial charge in [-0.25, -0.2) is 4.79 Å². The zero-order valence-corrected chi connectivity index (χ0v) is 15.5. The normalized spacial score (nSPS) is 15.2. The Morgan fingerprint density at radius 3 is 2.33 bits per heavy atom. The average Bonchev–Trinajstić information content (AvgIpc) is 2.59. The number of nitrogens with zero attached hydrogens (tertiary/aromatic N) is 2. The third-order valence-electron chi connectivity index (χ3n) is 4.32. The number of hydrogen-bond acceptors (Lipinski definition) is 2. The lowest BCUT2D eigenvalue weighted by Gasteiger charge is -2.35. The van der Waals surface area contributed by atoms with Gasteiger partial charge in [0.05, 0.1) is 10.0 Å². The van der Waals surface area contributed by atoms with E-state index in [4.69, 9.17) is 23.2 Å². The van der Waals surface area contributed by atoms with Crippen LogP contribution in [0.5, 0.6) is 0 Å². The number of likely N-dealkylation sites (tertiary alicyclic amines) is 1. The second kappa shape index (κ2) is 8.58. The molecular weight excluding hydrogens is 349 g/mol. The number of piperidine rings is 1. The Bertz CT molecular complexity index is 597. The summed E-state index contributed by atoms with van der Waals surface area (Å²) >= 11 is 11.8. The van der Waals surface area contributed by atoms with E-state index in [-0.39, 0.29) is 18.0 Å². The van der Waals surface area contributed by atoms with Crippen LogP contribution in [-0.4, -0.2) is 54.0 Å². The Hall–Kier alpha value is -1.46. The van der Waals surface area contributed by atoms with Crippen LogP contribution >= 0.6 is 23.2 Å². The molecular formula is C17H23Cl2N3O2. The summed E-state index contributed by atoms with van der Waals surface area (Å²) in [4.78, 5) is 28.3. The monoisotopic (exact) mass is 371 g/mol. The van der Waals surface area contributed by atoms with E-state index in [1.807, 2.05) is 23.6 Å². The largest absolute Gasteiger partial charge is 0.349 e. The fourth-order valence-electron chi connectivity index (χ4n) is 2.82. The van der Waals surface area contributed by atoms with Crippen LogP contribution in [0.3, 0.4) is 0 Å². The van der Waals surface area contributed by atoms with Gasteiger partial charge in [-0.2, -0.15) is 0 Å². The van der Waals surface area contributed by atoms with Gasteiger partial charge < -0.3 is 15.1 Å². The molecule has 7 heteroatoms. The van der Waals surface area contributed by atoms with E-state index in [1.54, 1.807) is 18.2 Å². The van der Waals surface area contributed by atoms with Gasteiger partial charge in [0.1, 0.15) is 0 Å². The first-order chi connectivity index (χ1) is 11.5. The molecule has 1 saturated heterocycles. The standard InChI is InChI=1S/C17H23Cl2N3O2/c1-3-21(4-2)17(24)22-9-7-13(8-10-22)20-16(23)12-5-6-14(18)15(19)11-12/h5-6,11,13H,3-4,7-10H2,1-2H3,(H,20,23). The van der Waals surface area contributed by atoms with Crippen molar-refractivity contribution in [1.29, 1.82) is 0 Å². The van der Waals surface area contributed by atoms with Crippen molar-refractivity contribution in [3.8, 4) is 0 Å². The van der Waals surface area contributed by atoms with Gasteiger partial charge in [0.25, 0.3) is 5.91 Å². The highest BCUT2D eigenvalue weighted by atomic mass is 35.5. The lowest BCUT2D eigenvalue weighted by molar-refractivity contribution is 0.0911. The van der Waals surface area contributed by atoms with Crippen LogP contribution in [-0.2, 0) is 0 Å². The lowest BCUT2D eigenvalue weighted by Crippen LogP contribution is -2.50. The van der Waals surface area contributed by atoms with Crippen molar-refractivity contribution in [2.24, 2.45) is 0 Å². The quantitative estimate of drug-likeness (QED) is 0.877. The molecule has 1 aliphatic heterocycles. The fraction of sp³-hybridized carbons (Fsp3) is 0.529. The molecule has 1 N–H and O–H groups in total. The molecule has 0 atom stereocenters. The van der Waals surface area contributed by atoms with Crippen molar-refractivity contribution < 1.29 is 9.59 Å². The molecule has 2 rings (SSSR count). The molecule has 1 aromatic carbocycles. The lowest BCUT2D eigenvalue weighted by atomic mass is 10.0. The molecule has 0 bridgehead atoms. The van der Waals surface area contributed by atoms with Crippen LogP contribution in [0.15, 0.2) is 18.2 Å². The molecule has 1 fully saturated rings. The second-order valence-corrected chi connectivity index (χ2v) is 6.63. The van der Waals surface area contributed by atoms with Crippen molar-refractivity contribution in [3.63, 3.8) is 0 Å². The molecule has 0 aliphatic carbocycles. The van der Waals surface area contributed by atoms with Gasteiger partial charge in [-0.3, -0.25) is 4.79 Å². The molecule has 0 aromatic heterocycles. The minimum Gasteiger partial charge on any atom is -0.349 e. The summed E-state index contributed by atoms with van der Waals surface area (Å²) in [7, 11) is 0. The first-order valence-electron chi connectivity index (χ1n) is 8.26. The molecule has 3 amide bonds. The SMILES string of the molecule is CCN(CC)C(=O)N1CCC(NC(=O)c2ccc(Cl)c(Cl)c2)CC1. The topological polar surface area (TPSA) is 52.7 Å². The minimum absolute atomic E-state index is 0.0627. The number of rotatable bonds is 4. The van der Waals surface area contributed by atoms with Crippen molar-refractivity contribution in [2.45, 2.75) is 32.7 Å². The molecule has 24 heavy (non-hydrogen) atoms. The highest BCUT2D eigenvalue weighted by Crippen LogP contribution is 2.23. The number of amides is 3. The molecule has 0 spiro atoms. The Balaban J connectivity index is 1.87. The number of carbonyl (C=O) groups is 2. The van der Waals surface area contributed by atoms with E-state index in [0.29, 0.717) is 41.8 Å². The Morgan fingerprint density at radius 2 is 1.79 bits per heavy atom. The van der Waals surface area contributed by atoms with E-state index in [0.717, 1.165) is 12.8 Å². The third-order valence-corrected chi connectivity index (χ3v) is 5.06. The van der Waals surface area contributed by atoms with Crippen LogP contribution in [0.1, 0.15) is 37.0 Å². The first kappa shape index (κ1) is 18.9. The Labute approximate surface area is 152 Å². The van der Waals surface area contributed by atoms with Crippen molar-refractivity contribution in [1.82, 2.24) is 15.1 Å². The predicted octanol–water partition coefficient (Wildman–Crippen LogP) is 3.65. The number of hydrogen-bond donors (Lipinski definition) is 1. The number of urea groups is 1. The number of carbonyl (C=O) groups excluding carboxylic acids is 2. The van der Waals surface area contributed by atoms with Crippen LogP contribution in [0.2, 0.25) is 10.0 Å². The van der Waals surface area contributed by atoms with Gasteiger partial charge in [0, 0.05) is 37.8 Å². The van der Waals surface area contributed by atoms with E-state index in [2.05, 4.69) is 5.32 Å². The minimum atomic E-state index is -0.165. The maximum absolute atomic E-state index is 12.3. The van der Waals surface area contributed by atoms with Crippen LogP contribution in [0.25, 0.3) is 0 Å². The Kier molecular flexibility index (Phi) is 6.75. The first-order valence-corrected chi connectivity index (χ1v) is 9.01. The molecule has 0 radical (unpaired) electrons. The molecule has 1 heterocycles. The summed E-state index contributed by atoms with van der Waals surface area (Å²) < 4.78 is 0. The van der Waals surface area contributed by atoms with Crippen LogP contribution < -0.4 is 5.32 Å². The molecule has 1 aromatic rings.